The first kappa shape index (κ1) is 18.4. The lowest BCUT2D eigenvalue weighted by Crippen LogP contribution is -2.49. The fourth-order valence-corrected chi connectivity index (χ4v) is 3.41. The van der Waals surface area contributed by atoms with Crippen molar-refractivity contribution in [1.82, 2.24) is 4.90 Å². The van der Waals surface area contributed by atoms with Crippen molar-refractivity contribution in [2.24, 2.45) is 0 Å². The molecule has 3 rings (SSSR count). The number of carbonyl (C=O) groups is 1. The van der Waals surface area contributed by atoms with E-state index in [4.69, 9.17) is 0 Å². The van der Waals surface area contributed by atoms with E-state index >= 15 is 0 Å². The monoisotopic (exact) mass is 356 g/mol. The van der Waals surface area contributed by atoms with Crippen molar-refractivity contribution in [1.29, 1.82) is 0 Å². The van der Waals surface area contributed by atoms with Gasteiger partial charge in [-0.1, -0.05) is 23.8 Å². The molecule has 1 heterocycles. The van der Waals surface area contributed by atoms with E-state index < -0.39 is 6.10 Å². The van der Waals surface area contributed by atoms with E-state index in [0.29, 0.717) is 37.4 Å². The van der Waals surface area contributed by atoms with E-state index in [1.165, 1.54) is 6.07 Å². The fraction of sp³-hybridized carbons (Fsp3) is 0.381. The Morgan fingerprint density at radius 1 is 1.08 bits per heavy atom. The number of piperazine rings is 1. The molecule has 1 amide bonds. The zero-order valence-corrected chi connectivity index (χ0v) is 15.5. The summed E-state index contributed by atoms with van der Waals surface area (Å²) in [5, 5.41) is 9.57. The molecule has 5 heteroatoms. The minimum absolute atomic E-state index is 0.0343. The molecule has 2 aromatic carbocycles. The molecular formula is C21H25FN2O2. The van der Waals surface area contributed by atoms with Crippen molar-refractivity contribution < 1.29 is 14.3 Å². The van der Waals surface area contributed by atoms with Crippen LogP contribution < -0.4 is 4.90 Å². The molecule has 1 fully saturated rings. The molecule has 0 radical (unpaired) electrons. The number of aliphatic hydroxyl groups is 1. The van der Waals surface area contributed by atoms with Gasteiger partial charge in [0.2, 0.25) is 0 Å². The number of hydrogen-bond donors (Lipinski definition) is 1. The second-order valence-electron chi connectivity index (χ2n) is 6.98. The van der Waals surface area contributed by atoms with Gasteiger partial charge in [0, 0.05) is 31.7 Å². The molecule has 1 aliphatic rings. The van der Waals surface area contributed by atoms with E-state index in [0.717, 1.165) is 16.7 Å². The molecule has 0 spiro atoms. The maximum absolute atomic E-state index is 14.4. The zero-order valence-electron chi connectivity index (χ0n) is 15.5. The first-order valence-corrected chi connectivity index (χ1v) is 8.96. The van der Waals surface area contributed by atoms with Crippen LogP contribution >= 0.6 is 0 Å². The minimum Gasteiger partial charge on any atom is -0.389 e. The van der Waals surface area contributed by atoms with Crippen molar-refractivity contribution >= 4 is 11.6 Å². The number of carbonyl (C=O) groups excluding carboxylic acids is 1. The molecule has 0 saturated carbocycles. The van der Waals surface area contributed by atoms with Crippen LogP contribution in [0.1, 0.15) is 40.1 Å². The summed E-state index contributed by atoms with van der Waals surface area (Å²) in [6.45, 7) is 7.87. The Balaban J connectivity index is 1.68. The second kappa shape index (κ2) is 7.46. The van der Waals surface area contributed by atoms with Crippen LogP contribution in [-0.2, 0) is 0 Å². The summed E-state index contributed by atoms with van der Waals surface area (Å²) in [6.07, 6.45) is -0.689. The first-order chi connectivity index (χ1) is 12.4. The van der Waals surface area contributed by atoms with Crippen LogP contribution in [-0.4, -0.2) is 42.1 Å². The molecule has 0 aromatic heterocycles. The maximum Gasteiger partial charge on any atom is 0.254 e. The van der Waals surface area contributed by atoms with Gasteiger partial charge in [0.05, 0.1) is 11.8 Å². The van der Waals surface area contributed by atoms with Gasteiger partial charge in [-0.15, -0.1) is 0 Å². The lowest BCUT2D eigenvalue weighted by atomic mass is 10.0. The van der Waals surface area contributed by atoms with Gasteiger partial charge in [-0.2, -0.15) is 0 Å². The summed E-state index contributed by atoms with van der Waals surface area (Å²) in [5.41, 5.74) is 3.94. The van der Waals surface area contributed by atoms with Gasteiger partial charge >= 0.3 is 0 Å². The van der Waals surface area contributed by atoms with Gasteiger partial charge in [-0.05, 0) is 50.1 Å². The minimum atomic E-state index is -0.689. The van der Waals surface area contributed by atoms with Crippen LogP contribution in [0.4, 0.5) is 10.1 Å². The summed E-state index contributed by atoms with van der Waals surface area (Å²) in [7, 11) is 0. The third-order valence-electron chi connectivity index (χ3n) is 4.97. The number of benzene rings is 2. The summed E-state index contributed by atoms with van der Waals surface area (Å²) in [5.74, 6) is -0.301. The Hall–Kier alpha value is -2.40. The predicted octanol–water partition coefficient (Wildman–Crippen LogP) is 3.46. The topological polar surface area (TPSA) is 43.8 Å². The molecular weight excluding hydrogens is 331 g/mol. The highest BCUT2D eigenvalue weighted by atomic mass is 19.1. The first-order valence-electron chi connectivity index (χ1n) is 8.96. The van der Waals surface area contributed by atoms with Gasteiger partial charge in [0.15, 0.2) is 0 Å². The molecule has 4 nitrogen and oxygen atoms in total. The highest BCUT2D eigenvalue weighted by Crippen LogP contribution is 2.25. The van der Waals surface area contributed by atoms with Crippen LogP contribution in [0, 0.1) is 19.7 Å². The standard InChI is InChI=1S/C21H25FN2O2/c1-14-4-6-18(15(2)12-14)21(26)24-10-8-23(9-11-24)20-7-5-17(16(3)25)13-19(20)22/h4-7,12-13,16,25H,8-11H2,1-3H3/t16-/m0/s1. The summed E-state index contributed by atoms with van der Waals surface area (Å²) >= 11 is 0. The quantitative estimate of drug-likeness (QED) is 0.916. The Kier molecular flexibility index (Phi) is 5.28. The van der Waals surface area contributed by atoms with Crippen LogP contribution in [0.5, 0.6) is 0 Å². The number of anilines is 1. The average molecular weight is 356 g/mol. The van der Waals surface area contributed by atoms with Gasteiger partial charge in [-0.3, -0.25) is 4.79 Å². The van der Waals surface area contributed by atoms with Gasteiger partial charge in [0.25, 0.3) is 5.91 Å². The third-order valence-corrected chi connectivity index (χ3v) is 4.97. The van der Waals surface area contributed by atoms with Gasteiger partial charge < -0.3 is 14.9 Å². The summed E-state index contributed by atoms with van der Waals surface area (Å²) in [4.78, 5) is 16.5. The van der Waals surface area contributed by atoms with E-state index in [9.17, 15) is 14.3 Å². The fourth-order valence-electron chi connectivity index (χ4n) is 3.41. The van der Waals surface area contributed by atoms with E-state index in [2.05, 4.69) is 0 Å². The Labute approximate surface area is 153 Å². The number of hydrogen-bond acceptors (Lipinski definition) is 3. The second-order valence-corrected chi connectivity index (χ2v) is 6.98. The van der Waals surface area contributed by atoms with Crippen molar-refractivity contribution in [3.63, 3.8) is 0 Å². The molecule has 1 saturated heterocycles. The number of halogens is 1. The van der Waals surface area contributed by atoms with E-state index in [1.807, 2.05) is 41.8 Å². The Bertz CT molecular complexity index is 812. The van der Waals surface area contributed by atoms with Crippen LogP contribution in [0.25, 0.3) is 0 Å². The van der Waals surface area contributed by atoms with Gasteiger partial charge in [0.1, 0.15) is 5.82 Å². The van der Waals surface area contributed by atoms with Crippen molar-refractivity contribution in [2.45, 2.75) is 26.9 Å². The molecule has 2 aromatic rings. The number of amides is 1. The van der Waals surface area contributed by atoms with Gasteiger partial charge in [-0.25, -0.2) is 4.39 Å². The highest BCUT2D eigenvalue weighted by Gasteiger charge is 2.24. The van der Waals surface area contributed by atoms with Crippen LogP contribution in [0.3, 0.4) is 0 Å². The molecule has 0 aliphatic carbocycles. The molecule has 0 bridgehead atoms. The smallest absolute Gasteiger partial charge is 0.254 e. The Morgan fingerprint density at radius 3 is 2.35 bits per heavy atom. The maximum atomic E-state index is 14.4. The lowest BCUT2D eigenvalue weighted by Gasteiger charge is -2.36. The SMILES string of the molecule is Cc1ccc(C(=O)N2CCN(c3ccc([C@H](C)O)cc3F)CC2)c(C)c1. The average Bonchev–Trinajstić information content (AvgIpc) is 2.61. The molecule has 1 atom stereocenters. The molecule has 138 valence electrons. The number of aryl methyl sites for hydroxylation is 2. The third kappa shape index (κ3) is 3.73. The normalized spacial score (nSPS) is 15.9. The summed E-state index contributed by atoms with van der Waals surface area (Å²) in [6, 6.07) is 10.7. The predicted molar refractivity (Wildman–Crippen MR) is 101 cm³/mol. The molecule has 0 unspecified atom stereocenters. The largest absolute Gasteiger partial charge is 0.389 e. The van der Waals surface area contributed by atoms with Crippen LogP contribution in [0.2, 0.25) is 0 Å². The number of nitrogens with zero attached hydrogens (tertiary/aromatic N) is 2. The van der Waals surface area contributed by atoms with Crippen molar-refractivity contribution in [2.75, 3.05) is 31.1 Å². The number of rotatable bonds is 3. The molecule has 1 aliphatic heterocycles. The van der Waals surface area contributed by atoms with Crippen molar-refractivity contribution in [3.8, 4) is 0 Å². The summed E-state index contributed by atoms with van der Waals surface area (Å²) < 4.78 is 14.4. The van der Waals surface area contributed by atoms with Crippen molar-refractivity contribution in [3.05, 3.63) is 64.5 Å². The molecule has 1 N–H and O–H groups in total. The number of aliphatic hydroxyl groups excluding tert-OH is 1. The van der Waals surface area contributed by atoms with E-state index in [-0.39, 0.29) is 11.7 Å². The molecule has 26 heavy (non-hydrogen) atoms. The highest BCUT2D eigenvalue weighted by molar-refractivity contribution is 5.95. The Morgan fingerprint density at radius 2 is 1.77 bits per heavy atom. The van der Waals surface area contributed by atoms with E-state index in [1.54, 1.807) is 19.1 Å². The van der Waals surface area contributed by atoms with Crippen LogP contribution in [0.15, 0.2) is 36.4 Å². The lowest BCUT2D eigenvalue weighted by molar-refractivity contribution is 0.0746. The zero-order chi connectivity index (χ0) is 18.8.